The summed E-state index contributed by atoms with van der Waals surface area (Å²) in [5, 5.41) is 0. The second-order valence-corrected chi connectivity index (χ2v) is 18.1. The van der Waals surface area contributed by atoms with E-state index < -0.39 is 6.10 Å². The number of hydrogen-bond acceptors (Lipinski definition) is 6. The summed E-state index contributed by atoms with van der Waals surface area (Å²) in [7, 11) is 0. The smallest absolute Gasteiger partial charge is 0.306 e. The van der Waals surface area contributed by atoms with Crippen molar-refractivity contribution in [3.05, 3.63) is 0 Å². The normalized spacial score (nSPS) is 12.1. The highest BCUT2D eigenvalue weighted by atomic mass is 16.6. The quantitative estimate of drug-likeness (QED) is 0.0347. The summed E-state index contributed by atoms with van der Waals surface area (Å²) < 4.78 is 16.8. The minimum atomic E-state index is -0.761. The van der Waals surface area contributed by atoms with Crippen molar-refractivity contribution in [1.82, 2.24) is 0 Å². The van der Waals surface area contributed by atoms with Gasteiger partial charge in [-0.2, -0.15) is 0 Å². The molecule has 332 valence electrons. The second-order valence-electron chi connectivity index (χ2n) is 18.1. The van der Waals surface area contributed by atoms with Crippen LogP contribution in [-0.4, -0.2) is 37.2 Å². The van der Waals surface area contributed by atoms with Crippen LogP contribution < -0.4 is 0 Å². The van der Waals surface area contributed by atoms with E-state index in [0.29, 0.717) is 19.3 Å². The first-order valence-corrected chi connectivity index (χ1v) is 24.7. The zero-order valence-electron chi connectivity index (χ0n) is 38.3. The first kappa shape index (κ1) is 54.4. The molecular weight excluding hydrogens is 697 g/mol. The van der Waals surface area contributed by atoms with Crippen molar-refractivity contribution in [1.29, 1.82) is 0 Å². The lowest BCUT2D eigenvalue weighted by Gasteiger charge is -2.18. The topological polar surface area (TPSA) is 78.9 Å². The number of carbonyl (C=O) groups is 3. The van der Waals surface area contributed by atoms with Crippen LogP contribution in [0.25, 0.3) is 0 Å². The first-order valence-electron chi connectivity index (χ1n) is 24.7. The van der Waals surface area contributed by atoms with Crippen molar-refractivity contribution in [3.63, 3.8) is 0 Å². The van der Waals surface area contributed by atoms with E-state index in [0.717, 1.165) is 69.6 Å². The van der Waals surface area contributed by atoms with E-state index >= 15 is 0 Å². The number of esters is 3. The lowest BCUT2D eigenvalue weighted by Crippen LogP contribution is -2.30. The van der Waals surface area contributed by atoms with Gasteiger partial charge in [0.1, 0.15) is 13.2 Å². The van der Waals surface area contributed by atoms with Crippen LogP contribution in [0.1, 0.15) is 272 Å². The molecule has 0 aliphatic heterocycles. The molecule has 0 N–H and O–H groups in total. The maximum Gasteiger partial charge on any atom is 0.306 e. The molecule has 0 aliphatic rings. The molecule has 0 aliphatic carbocycles. The molecule has 0 fully saturated rings. The van der Waals surface area contributed by atoms with Crippen LogP contribution in [0.15, 0.2) is 0 Å². The van der Waals surface area contributed by atoms with E-state index in [1.165, 1.54) is 161 Å². The van der Waals surface area contributed by atoms with Crippen molar-refractivity contribution in [2.75, 3.05) is 13.2 Å². The lowest BCUT2D eigenvalue weighted by molar-refractivity contribution is -0.167. The largest absolute Gasteiger partial charge is 0.462 e. The third-order valence-electron chi connectivity index (χ3n) is 11.2. The fourth-order valence-corrected chi connectivity index (χ4v) is 7.46. The summed E-state index contributed by atoms with van der Waals surface area (Å²) in [5.41, 5.74) is 0. The predicted octanol–water partition coefficient (Wildman–Crippen LogP) is 15.8. The Morgan fingerprint density at radius 1 is 0.339 bits per heavy atom. The zero-order valence-corrected chi connectivity index (χ0v) is 38.3. The molecule has 0 unspecified atom stereocenters. The minimum absolute atomic E-state index is 0.0647. The molecule has 56 heavy (non-hydrogen) atoms. The van der Waals surface area contributed by atoms with Gasteiger partial charge in [-0.1, -0.05) is 234 Å². The highest BCUT2D eigenvalue weighted by molar-refractivity contribution is 5.71. The fourth-order valence-electron chi connectivity index (χ4n) is 7.46. The summed E-state index contributed by atoms with van der Waals surface area (Å²) >= 11 is 0. The Labute approximate surface area is 348 Å². The number of hydrogen-bond donors (Lipinski definition) is 0. The zero-order chi connectivity index (χ0) is 41.2. The van der Waals surface area contributed by atoms with E-state index in [-0.39, 0.29) is 31.1 Å². The molecule has 0 rings (SSSR count). The molecule has 0 bridgehead atoms. The van der Waals surface area contributed by atoms with Gasteiger partial charge in [0.15, 0.2) is 6.10 Å². The van der Waals surface area contributed by atoms with E-state index in [4.69, 9.17) is 14.2 Å². The van der Waals surface area contributed by atoms with Crippen LogP contribution in [0.4, 0.5) is 0 Å². The molecule has 0 heterocycles. The highest BCUT2D eigenvalue weighted by Crippen LogP contribution is 2.17. The monoisotopic (exact) mass is 793 g/mol. The molecule has 0 saturated heterocycles. The van der Waals surface area contributed by atoms with Crippen molar-refractivity contribution in [2.24, 2.45) is 11.8 Å². The van der Waals surface area contributed by atoms with Crippen LogP contribution in [0, 0.1) is 11.8 Å². The number of unbranched alkanes of at least 4 members (excludes halogenated alkanes) is 29. The van der Waals surface area contributed by atoms with Crippen molar-refractivity contribution < 1.29 is 28.6 Å². The highest BCUT2D eigenvalue weighted by Gasteiger charge is 2.19. The van der Waals surface area contributed by atoms with Gasteiger partial charge in [0.05, 0.1) is 0 Å². The third-order valence-corrected chi connectivity index (χ3v) is 11.2. The van der Waals surface area contributed by atoms with Gasteiger partial charge >= 0.3 is 17.9 Å². The average Bonchev–Trinajstić information content (AvgIpc) is 3.16. The second kappa shape index (κ2) is 43.0. The molecule has 0 aromatic carbocycles. The summed E-state index contributed by atoms with van der Waals surface area (Å²) in [4.78, 5) is 37.8. The molecule has 0 amide bonds. The lowest BCUT2D eigenvalue weighted by atomic mass is 10.0. The van der Waals surface area contributed by atoms with E-state index in [9.17, 15) is 14.4 Å². The van der Waals surface area contributed by atoms with Gasteiger partial charge in [-0.15, -0.1) is 0 Å². The average molecular weight is 793 g/mol. The van der Waals surface area contributed by atoms with Crippen LogP contribution in [-0.2, 0) is 28.6 Å². The van der Waals surface area contributed by atoms with Crippen LogP contribution in [0.5, 0.6) is 0 Å². The summed E-state index contributed by atoms with van der Waals surface area (Å²) in [5.74, 6) is 0.757. The Morgan fingerprint density at radius 3 is 0.875 bits per heavy atom. The van der Waals surface area contributed by atoms with Gasteiger partial charge in [-0.25, -0.2) is 0 Å². The standard InChI is InChI=1S/C50H96O6/c1-6-7-8-9-10-11-12-13-17-20-25-30-35-40-48(51)54-43-47(56-50(53)42-37-32-27-22-24-29-34-39-46(4)5)44-55-49(52)41-36-31-26-21-18-15-14-16-19-23-28-33-38-45(2)3/h45-47H,6-44H2,1-5H3/t47-/m1/s1. The van der Waals surface area contributed by atoms with Crippen molar-refractivity contribution in [2.45, 2.75) is 278 Å². The molecule has 1 atom stereocenters. The third kappa shape index (κ3) is 43.5. The fraction of sp³-hybridized carbons (Fsp3) is 0.940. The Hall–Kier alpha value is -1.59. The Morgan fingerprint density at radius 2 is 0.589 bits per heavy atom. The van der Waals surface area contributed by atoms with E-state index in [2.05, 4.69) is 34.6 Å². The Balaban J connectivity index is 4.29. The van der Waals surface area contributed by atoms with Crippen molar-refractivity contribution in [3.8, 4) is 0 Å². The van der Waals surface area contributed by atoms with Gasteiger partial charge in [0, 0.05) is 19.3 Å². The van der Waals surface area contributed by atoms with Gasteiger partial charge in [0.25, 0.3) is 0 Å². The van der Waals surface area contributed by atoms with Crippen molar-refractivity contribution >= 4 is 17.9 Å². The van der Waals surface area contributed by atoms with Crippen LogP contribution >= 0.6 is 0 Å². The van der Waals surface area contributed by atoms with Crippen LogP contribution in [0.2, 0.25) is 0 Å². The molecular formula is C50H96O6. The predicted molar refractivity (Wildman–Crippen MR) is 238 cm³/mol. The molecule has 0 radical (unpaired) electrons. The molecule has 0 saturated carbocycles. The van der Waals surface area contributed by atoms with Crippen LogP contribution in [0.3, 0.4) is 0 Å². The van der Waals surface area contributed by atoms with Gasteiger partial charge < -0.3 is 14.2 Å². The minimum Gasteiger partial charge on any atom is -0.462 e. The van der Waals surface area contributed by atoms with E-state index in [1.807, 2.05) is 0 Å². The molecule has 0 aromatic rings. The maximum atomic E-state index is 12.7. The maximum absolute atomic E-state index is 12.7. The number of carbonyl (C=O) groups excluding carboxylic acids is 3. The van der Waals surface area contributed by atoms with Gasteiger partial charge in [-0.05, 0) is 31.1 Å². The molecule has 0 spiro atoms. The SMILES string of the molecule is CCCCCCCCCCCCCCCC(=O)OC[C@H](COC(=O)CCCCCCCCCCCCCCC(C)C)OC(=O)CCCCCCCCCC(C)C. The first-order chi connectivity index (χ1) is 27.2. The van der Waals surface area contributed by atoms with E-state index in [1.54, 1.807) is 0 Å². The number of rotatable bonds is 44. The Kier molecular flexibility index (Phi) is 41.8. The summed E-state index contributed by atoms with van der Waals surface area (Å²) in [6, 6.07) is 0. The summed E-state index contributed by atoms with van der Waals surface area (Å²) in [6.07, 6.45) is 42.4. The Bertz CT molecular complexity index is 854. The molecule has 6 nitrogen and oxygen atoms in total. The summed E-state index contributed by atoms with van der Waals surface area (Å²) in [6.45, 7) is 11.3. The molecule has 6 heteroatoms. The molecule has 0 aromatic heterocycles. The number of ether oxygens (including phenoxy) is 3. The van der Waals surface area contributed by atoms with Gasteiger partial charge in [-0.3, -0.25) is 14.4 Å². The van der Waals surface area contributed by atoms with Gasteiger partial charge in [0.2, 0.25) is 0 Å².